The largest absolute Gasteiger partial charge is 0.493 e. The highest BCUT2D eigenvalue weighted by Crippen LogP contribution is 2.29. The Balaban J connectivity index is 2.67. The van der Waals surface area contributed by atoms with Crippen LogP contribution in [0.1, 0.15) is 17.5 Å². The molecular formula is C12H16Br2O3S. The van der Waals surface area contributed by atoms with Crippen molar-refractivity contribution in [2.45, 2.75) is 18.7 Å². The number of ether oxygens (including phenoxy) is 1. The fraction of sp³-hybridized carbons (Fsp3) is 0.500. The van der Waals surface area contributed by atoms with Gasteiger partial charge in [0.05, 0.1) is 12.4 Å². The predicted molar refractivity (Wildman–Crippen MR) is 81.3 cm³/mol. The molecule has 18 heavy (non-hydrogen) atoms. The number of benzene rings is 1. The van der Waals surface area contributed by atoms with E-state index in [4.69, 9.17) is 4.74 Å². The summed E-state index contributed by atoms with van der Waals surface area (Å²) >= 11 is 6.86. The minimum atomic E-state index is -2.91. The highest BCUT2D eigenvalue weighted by Gasteiger charge is 2.09. The summed E-state index contributed by atoms with van der Waals surface area (Å²) in [6, 6.07) is 3.98. The molecule has 0 amide bonds. The van der Waals surface area contributed by atoms with Crippen molar-refractivity contribution in [2.75, 3.05) is 18.6 Å². The quantitative estimate of drug-likeness (QED) is 0.543. The molecule has 0 spiro atoms. The minimum absolute atomic E-state index is 0.159. The number of rotatable bonds is 6. The Kier molecular flexibility index (Phi) is 6.14. The van der Waals surface area contributed by atoms with Gasteiger partial charge in [-0.15, -0.1) is 0 Å². The Morgan fingerprint density at radius 1 is 1.33 bits per heavy atom. The Hall–Kier alpha value is -0.0700. The molecule has 0 bridgehead atoms. The molecule has 102 valence electrons. The Labute approximate surface area is 125 Å². The van der Waals surface area contributed by atoms with Crippen molar-refractivity contribution in [3.05, 3.63) is 27.7 Å². The minimum Gasteiger partial charge on any atom is -0.493 e. The van der Waals surface area contributed by atoms with E-state index in [1.807, 2.05) is 19.1 Å². The van der Waals surface area contributed by atoms with Gasteiger partial charge in [-0.2, -0.15) is 0 Å². The number of hydrogen-bond donors (Lipinski definition) is 0. The molecule has 0 unspecified atom stereocenters. The average molecular weight is 400 g/mol. The maximum absolute atomic E-state index is 11.0. The van der Waals surface area contributed by atoms with Crippen LogP contribution in [0.5, 0.6) is 5.75 Å². The molecule has 1 aromatic rings. The van der Waals surface area contributed by atoms with E-state index in [0.29, 0.717) is 18.4 Å². The first kappa shape index (κ1) is 16.0. The second-order valence-electron chi connectivity index (χ2n) is 4.18. The van der Waals surface area contributed by atoms with Crippen molar-refractivity contribution in [1.29, 1.82) is 0 Å². The van der Waals surface area contributed by atoms with E-state index in [2.05, 4.69) is 31.9 Å². The lowest BCUT2D eigenvalue weighted by atomic mass is 10.1. The summed E-state index contributed by atoms with van der Waals surface area (Å²) in [6.07, 6.45) is 1.75. The molecule has 0 aliphatic heterocycles. The van der Waals surface area contributed by atoms with Gasteiger partial charge in [0.15, 0.2) is 0 Å². The van der Waals surface area contributed by atoms with Crippen LogP contribution < -0.4 is 4.74 Å². The summed E-state index contributed by atoms with van der Waals surface area (Å²) in [5.74, 6) is 0.996. The number of sulfone groups is 1. The highest BCUT2D eigenvalue weighted by atomic mass is 79.9. The molecule has 0 fully saturated rings. The van der Waals surface area contributed by atoms with Crippen LogP contribution in [-0.2, 0) is 15.2 Å². The lowest BCUT2D eigenvalue weighted by Gasteiger charge is -2.13. The summed E-state index contributed by atoms with van der Waals surface area (Å²) in [5, 5.41) is 0.703. The molecule has 0 saturated heterocycles. The summed E-state index contributed by atoms with van der Waals surface area (Å²) < 4.78 is 28.7. The van der Waals surface area contributed by atoms with E-state index in [-0.39, 0.29) is 5.75 Å². The summed E-state index contributed by atoms with van der Waals surface area (Å²) in [7, 11) is -2.91. The van der Waals surface area contributed by atoms with E-state index in [1.165, 1.54) is 6.26 Å². The monoisotopic (exact) mass is 398 g/mol. The van der Waals surface area contributed by atoms with Crippen LogP contribution in [0, 0.1) is 6.92 Å². The van der Waals surface area contributed by atoms with Gasteiger partial charge < -0.3 is 4.74 Å². The van der Waals surface area contributed by atoms with Gasteiger partial charge in [-0.1, -0.05) is 31.9 Å². The highest BCUT2D eigenvalue weighted by molar-refractivity contribution is 9.10. The molecule has 1 aromatic carbocycles. The van der Waals surface area contributed by atoms with E-state index >= 15 is 0 Å². The van der Waals surface area contributed by atoms with E-state index in [9.17, 15) is 8.42 Å². The second-order valence-corrected chi connectivity index (χ2v) is 7.91. The molecule has 0 atom stereocenters. The van der Waals surface area contributed by atoms with Gasteiger partial charge in [0.2, 0.25) is 0 Å². The van der Waals surface area contributed by atoms with Crippen LogP contribution in [0.2, 0.25) is 0 Å². The van der Waals surface area contributed by atoms with Crippen molar-refractivity contribution in [3.63, 3.8) is 0 Å². The van der Waals surface area contributed by atoms with Crippen LogP contribution in [-0.4, -0.2) is 27.0 Å². The van der Waals surface area contributed by atoms with Gasteiger partial charge in [0.25, 0.3) is 0 Å². The summed E-state index contributed by atoms with van der Waals surface area (Å²) in [6.45, 7) is 2.39. The van der Waals surface area contributed by atoms with Crippen molar-refractivity contribution < 1.29 is 13.2 Å². The fourth-order valence-corrected chi connectivity index (χ4v) is 3.28. The third-order valence-electron chi connectivity index (χ3n) is 2.37. The Morgan fingerprint density at radius 2 is 2.00 bits per heavy atom. The Bertz CT molecular complexity index is 512. The van der Waals surface area contributed by atoms with Crippen molar-refractivity contribution in [3.8, 4) is 5.75 Å². The number of aryl methyl sites for hydroxylation is 1. The second kappa shape index (κ2) is 6.91. The molecule has 0 aliphatic carbocycles. The predicted octanol–water partition coefficient (Wildman–Crippen LogP) is 3.47. The molecule has 0 radical (unpaired) electrons. The standard InChI is InChI=1S/C12H16Br2O3S/c1-9-6-11(14)7-10(8-13)12(9)17-4-3-5-18(2,15)16/h6-7H,3-5,8H2,1-2H3. The summed E-state index contributed by atoms with van der Waals surface area (Å²) in [4.78, 5) is 0. The maximum Gasteiger partial charge on any atom is 0.147 e. The number of alkyl halides is 1. The molecule has 0 aliphatic rings. The number of halogens is 2. The van der Waals surface area contributed by atoms with Crippen LogP contribution in [0.3, 0.4) is 0 Å². The van der Waals surface area contributed by atoms with Gasteiger partial charge in [0.1, 0.15) is 15.6 Å². The molecule has 1 rings (SSSR count). The van der Waals surface area contributed by atoms with Crippen LogP contribution >= 0.6 is 31.9 Å². The lowest BCUT2D eigenvalue weighted by Crippen LogP contribution is -2.09. The van der Waals surface area contributed by atoms with Gasteiger partial charge >= 0.3 is 0 Å². The third kappa shape index (κ3) is 5.28. The number of hydrogen-bond acceptors (Lipinski definition) is 3. The maximum atomic E-state index is 11.0. The van der Waals surface area contributed by atoms with Gasteiger partial charge in [-0.3, -0.25) is 0 Å². The molecule has 0 aromatic heterocycles. The van der Waals surface area contributed by atoms with Gasteiger partial charge in [-0.25, -0.2) is 8.42 Å². The molecule has 6 heteroatoms. The SMILES string of the molecule is Cc1cc(Br)cc(CBr)c1OCCCS(C)(=O)=O. The van der Waals surface area contributed by atoms with E-state index < -0.39 is 9.84 Å². The molecule has 3 nitrogen and oxygen atoms in total. The smallest absolute Gasteiger partial charge is 0.147 e. The first-order valence-electron chi connectivity index (χ1n) is 5.49. The van der Waals surface area contributed by atoms with Gasteiger partial charge in [0, 0.05) is 21.6 Å². The third-order valence-corrected chi connectivity index (χ3v) is 4.46. The zero-order valence-corrected chi connectivity index (χ0v) is 14.4. The van der Waals surface area contributed by atoms with Crippen molar-refractivity contribution in [1.82, 2.24) is 0 Å². The molecule has 0 N–H and O–H groups in total. The fourth-order valence-electron chi connectivity index (χ4n) is 1.60. The first-order chi connectivity index (χ1) is 8.33. The normalized spacial score (nSPS) is 11.6. The summed E-state index contributed by atoms with van der Waals surface area (Å²) in [5.41, 5.74) is 2.10. The van der Waals surface area contributed by atoms with Crippen LogP contribution in [0.4, 0.5) is 0 Å². The van der Waals surface area contributed by atoms with E-state index in [0.717, 1.165) is 21.3 Å². The zero-order valence-electron chi connectivity index (χ0n) is 10.4. The first-order valence-corrected chi connectivity index (χ1v) is 9.46. The zero-order chi connectivity index (χ0) is 13.8. The lowest BCUT2D eigenvalue weighted by molar-refractivity contribution is 0.313. The molecular weight excluding hydrogens is 384 g/mol. The topological polar surface area (TPSA) is 43.4 Å². The average Bonchev–Trinajstić information content (AvgIpc) is 2.24. The Morgan fingerprint density at radius 3 is 2.56 bits per heavy atom. The van der Waals surface area contributed by atoms with Gasteiger partial charge in [-0.05, 0) is 31.0 Å². The molecule has 0 heterocycles. The van der Waals surface area contributed by atoms with Crippen LogP contribution in [0.15, 0.2) is 16.6 Å². The van der Waals surface area contributed by atoms with Crippen molar-refractivity contribution in [2.24, 2.45) is 0 Å². The van der Waals surface area contributed by atoms with E-state index in [1.54, 1.807) is 0 Å². The van der Waals surface area contributed by atoms with Crippen molar-refractivity contribution >= 4 is 41.7 Å². The van der Waals surface area contributed by atoms with Crippen LogP contribution in [0.25, 0.3) is 0 Å². The molecule has 0 saturated carbocycles.